The lowest BCUT2D eigenvalue weighted by molar-refractivity contribution is -0.141. The van der Waals surface area contributed by atoms with Crippen molar-refractivity contribution in [2.24, 2.45) is 11.8 Å². The highest BCUT2D eigenvalue weighted by molar-refractivity contribution is 5.85. The van der Waals surface area contributed by atoms with E-state index in [0.29, 0.717) is 18.1 Å². The molecule has 1 aliphatic carbocycles. The summed E-state index contributed by atoms with van der Waals surface area (Å²) in [5.74, 6) is 0.819. The van der Waals surface area contributed by atoms with Crippen LogP contribution < -0.4 is 24.3 Å². The van der Waals surface area contributed by atoms with Gasteiger partial charge in [0.2, 0.25) is 12.5 Å². The molecule has 2 N–H and O–H groups in total. The zero-order valence-corrected chi connectivity index (χ0v) is 21.7. The van der Waals surface area contributed by atoms with Crippen LogP contribution in [0.5, 0.6) is 28.7 Å². The van der Waals surface area contributed by atoms with Crippen LogP contribution in [0.15, 0.2) is 24.3 Å². The summed E-state index contributed by atoms with van der Waals surface area (Å²) in [5, 5.41) is 14.2. The second kappa shape index (κ2) is 10.6. The maximum atomic E-state index is 13.2. The zero-order chi connectivity index (χ0) is 24.7. The molecule has 36 heavy (non-hydrogen) atoms. The Morgan fingerprint density at radius 2 is 1.67 bits per heavy atom. The van der Waals surface area contributed by atoms with Crippen molar-refractivity contribution < 1.29 is 33.6 Å². The number of fused-ring (bicyclic) bond motifs is 3. The van der Waals surface area contributed by atoms with Crippen LogP contribution in [0.1, 0.15) is 35.1 Å². The number of rotatable bonds is 8. The summed E-state index contributed by atoms with van der Waals surface area (Å²) in [7, 11) is 7.10. The highest BCUT2D eigenvalue weighted by Crippen LogP contribution is 2.55. The van der Waals surface area contributed by atoms with Crippen LogP contribution in [0.2, 0.25) is 0 Å². The molecular formula is C26H33ClN2O7. The van der Waals surface area contributed by atoms with E-state index < -0.39 is 5.92 Å². The van der Waals surface area contributed by atoms with Crippen LogP contribution in [0.25, 0.3) is 0 Å². The van der Waals surface area contributed by atoms with Gasteiger partial charge in [-0.05, 0) is 74.6 Å². The minimum absolute atomic E-state index is 0. The lowest BCUT2D eigenvalue weighted by Crippen LogP contribution is -2.41. The van der Waals surface area contributed by atoms with Crippen molar-refractivity contribution in [1.29, 1.82) is 0 Å². The highest BCUT2D eigenvalue weighted by atomic mass is 35.5. The molecule has 5 rings (SSSR count). The smallest absolute Gasteiger partial charge is 0.310 e. The van der Waals surface area contributed by atoms with Gasteiger partial charge in [0.15, 0.2) is 23.0 Å². The van der Waals surface area contributed by atoms with E-state index in [1.165, 1.54) is 14.2 Å². The Morgan fingerprint density at radius 1 is 1.03 bits per heavy atom. The molecule has 2 heterocycles. The minimum Gasteiger partial charge on any atom is -0.502 e. The monoisotopic (exact) mass is 520 g/mol. The Morgan fingerprint density at radius 3 is 2.28 bits per heavy atom. The molecule has 2 aromatic rings. The van der Waals surface area contributed by atoms with E-state index in [-0.39, 0.29) is 60.3 Å². The van der Waals surface area contributed by atoms with Gasteiger partial charge in [-0.25, -0.2) is 0 Å². The fourth-order valence-electron chi connectivity index (χ4n) is 5.57. The van der Waals surface area contributed by atoms with Gasteiger partial charge in [0.25, 0.3) is 0 Å². The molecule has 0 radical (unpaired) electrons. The van der Waals surface area contributed by atoms with Gasteiger partial charge in [0.1, 0.15) is 0 Å². The van der Waals surface area contributed by atoms with Gasteiger partial charge in [-0.1, -0.05) is 0 Å². The average Bonchev–Trinajstić information content (AvgIpc) is 3.46. The van der Waals surface area contributed by atoms with Gasteiger partial charge in [0.05, 0.1) is 26.7 Å². The molecule has 0 spiro atoms. The fourth-order valence-corrected chi connectivity index (χ4v) is 5.57. The Hall–Kier alpha value is -2.88. The maximum absolute atomic E-state index is 13.2. The van der Waals surface area contributed by atoms with Crippen molar-refractivity contribution in [3.05, 3.63) is 41.0 Å². The predicted octanol–water partition coefficient (Wildman–Crippen LogP) is 3.08. The van der Waals surface area contributed by atoms with Gasteiger partial charge in [-0.3, -0.25) is 4.79 Å². The highest BCUT2D eigenvalue weighted by Gasteiger charge is 2.52. The molecule has 196 valence electrons. The molecule has 0 bridgehead atoms. The van der Waals surface area contributed by atoms with Crippen LogP contribution >= 0.6 is 12.4 Å². The van der Waals surface area contributed by atoms with Crippen LogP contribution in [-0.2, 0) is 9.53 Å². The van der Waals surface area contributed by atoms with E-state index in [1.807, 2.05) is 12.1 Å². The second-order valence-electron chi connectivity index (χ2n) is 9.49. The van der Waals surface area contributed by atoms with Crippen molar-refractivity contribution in [3.63, 3.8) is 0 Å². The fraction of sp³-hybridized carbons (Fsp3) is 0.500. The molecule has 1 saturated heterocycles. The van der Waals surface area contributed by atoms with Crippen molar-refractivity contribution >= 4 is 18.4 Å². The first kappa shape index (κ1) is 26.2. The lowest BCUT2D eigenvalue weighted by atomic mass is 9.65. The van der Waals surface area contributed by atoms with Gasteiger partial charge in [-0.15, -0.1) is 12.4 Å². The number of phenols is 1. The Labute approximate surface area is 217 Å². The Balaban J connectivity index is 0.00000304. The zero-order valence-electron chi connectivity index (χ0n) is 20.9. The van der Waals surface area contributed by atoms with Crippen LogP contribution in [0.4, 0.5) is 0 Å². The largest absolute Gasteiger partial charge is 0.502 e. The number of esters is 1. The molecule has 0 aromatic heterocycles. The van der Waals surface area contributed by atoms with Crippen LogP contribution in [0.3, 0.4) is 0 Å². The van der Waals surface area contributed by atoms with Crippen molar-refractivity contribution in [2.45, 2.75) is 18.4 Å². The number of methoxy groups -OCH3 is 2. The standard InChI is InChI=1S/C26H32N2O7.ClH/c1-28(2)7-5-6-27-24-16-11-19-18(34-13-35-19)10-15(16)22(23-17(24)12-33-26(23)30)14-8-20(31-3)25(29)21(9-14)32-4;/h8-11,17,22-24,27,29H,5-7,12-13H2,1-4H3;1H/t17-,22+,23-,24+;/m0./s1. The lowest BCUT2D eigenvalue weighted by Gasteiger charge is -2.39. The summed E-state index contributed by atoms with van der Waals surface area (Å²) in [6.07, 6.45) is 0.978. The SMILES string of the molecule is COc1cc([C@@H]2c3cc4c(cc3[C@@H](NCCCN(C)C)[C@H]3COC(=O)[C@H]23)OCO4)cc(OC)c1O.Cl. The third-order valence-corrected chi connectivity index (χ3v) is 7.19. The summed E-state index contributed by atoms with van der Waals surface area (Å²) < 4.78 is 27.9. The van der Waals surface area contributed by atoms with E-state index in [4.69, 9.17) is 23.7 Å². The molecule has 0 amide bonds. The number of ether oxygens (including phenoxy) is 5. The second-order valence-corrected chi connectivity index (χ2v) is 9.49. The number of benzene rings is 2. The molecular weight excluding hydrogens is 488 g/mol. The number of carbonyl (C=O) groups is 1. The van der Waals surface area contributed by atoms with E-state index in [2.05, 4.69) is 24.3 Å². The first-order valence-corrected chi connectivity index (χ1v) is 11.9. The molecule has 9 nitrogen and oxygen atoms in total. The molecule has 1 fully saturated rings. The number of nitrogens with one attached hydrogen (secondary N) is 1. The number of phenolic OH excluding ortho intramolecular Hbond substituents is 1. The Bertz CT molecular complexity index is 1100. The third-order valence-electron chi connectivity index (χ3n) is 7.19. The molecule has 0 saturated carbocycles. The summed E-state index contributed by atoms with van der Waals surface area (Å²) >= 11 is 0. The average molecular weight is 521 g/mol. The van der Waals surface area contributed by atoms with Crippen LogP contribution in [-0.4, -0.2) is 70.8 Å². The number of carbonyl (C=O) groups excluding carboxylic acids is 1. The van der Waals surface area contributed by atoms with E-state index in [9.17, 15) is 9.90 Å². The topological polar surface area (TPSA) is 98.7 Å². The molecule has 3 aliphatic rings. The van der Waals surface area contributed by atoms with Gasteiger partial charge in [-0.2, -0.15) is 0 Å². The number of halogens is 1. The van der Waals surface area contributed by atoms with Gasteiger partial charge in [0, 0.05) is 17.9 Å². The van der Waals surface area contributed by atoms with Gasteiger partial charge < -0.3 is 39.0 Å². The number of aromatic hydroxyl groups is 1. The summed E-state index contributed by atoms with van der Waals surface area (Å²) in [6.45, 7) is 2.28. The van der Waals surface area contributed by atoms with E-state index >= 15 is 0 Å². The van der Waals surface area contributed by atoms with E-state index in [1.54, 1.807) is 12.1 Å². The van der Waals surface area contributed by atoms with Gasteiger partial charge >= 0.3 is 5.97 Å². The normalized spacial score (nSPS) is 23.5. The van der Waals surface area contributed by atoms with Crippen molar-refractivity contribution in [3.8, 4) is 28.7 Å². The summed E-state index contributed by atoms with van der Waals surface area (Å²) in [5.41, 5.74) is 2.83. The first-order valence-electron chi connectivity index (χ1n) is 11.9. The maximum Gasteiger partial charge on any atom is 0.310 e. The van der Waals surface area contributed by atoms with Crippen molar-refractivity contribution in [2.75, 3.05) is 54.8 Å². The predicted molar refractivity (Wildman–Crippen MR) is 135 cm³/mol. The number of cyclic esters (lactones) is 1. The van der Waals surface area contributed by atoms with E-state index in [0.717, 1.165) is 36.2 Å². The third kappa shape index (κ3) is 4.51. The number of hydrogen-bond donors (Lipinski definition) is 2. The quantitative estimate of drug-likeness (QED) is 0.402. The molecule has 0 unspecified atom stereocenters. The number of nitrogens with zero attached hydrogens (tertiary/aromatic N) is 1. The van der Waals surface area contributed by atoms with Crippen LogP contribution in [0, 0.1) is 11.8 Å². The molecule has 10 heteroatoms. The Kier molecular flexibility index (Phi) is 7.73. The number of hydrogen-bond acceptors (Lipinski definition) is 9. The minimum atomic E-state index is -0.409. The van der Waals surface area contributed by atoms with Crippen molar-refractivity contribution in [1.82, 2.24) is 10.2 Å². The molecule has 2 aromatic carbocycles. The summed E-state index contributed by atoms with van der Waals surface area (Å²) in [4.78, 5) is 15.3. The summed E-state index contributed by atoms with van der Waals surface area (Å²) in [6, 6.07) is 7.47. The molecule has 2 aliphatic heterocycles. The first-order chi connectivity index (χ1) is 16.9. The molecule has 4 atom stereocenters.